The van der Waals surface area contributed by atoms with Gasteiger partial charge in [0.15, 0.2) is 0 Å². The first kappa shape index (κ1) is 6.04. The van der Waals surface area contributed by atoms with Crippen LogP contribution in [0.15, 0.2) is 24.0 Å². The number of hydrogen-bond donors (Lipinski definition) is 1. The number of esters is 1. The molecule has 0 aliphatic carbocycles. The zero-order valence-corrected chi connectivity index (χ0v) is 4.76. The van der Waals surface area contributed by atoms with E-state index in [9.17, 15) is 4.79 Å². The molecule has 1 aliphatic rings. The van der Waals surface area contributed by atoms with Gasteiger partial charge in [-0.25, -0.2) is 4.79 Å². The van der Waals surface area contributed by atoms with E-state index in [1.54, 1.807) is 0 Å². The van der Waals surface area contributed by atoms with Gasteiger partial charge in [0.2, 0.25) is 0 Å². The lowest BCUT2D eigenvalue weighted by atomic mass is 10.2. The molecule has 3 heteroatoms. The quantitative estimate of drug-likeness (QED) is 0.396. The molecule has 0 aromatic heterocycles. The van der Waals surface area contributed by atoms with Crippen LogP contribution in [-0.2, 0) is 9.53 Å². The van der Waals surface area contributed by atoms with Crippen LogP contribution >= 0.6 is 0 Å². The van der Waals surface area contributed by atoms with E-state index in [2.05, 4.69) is 11.3 Å². The Morgan fingerprint density at radius 2 is 2.44 bits per heavy atom. The lowest BCUT2D eigenvalue weighted by Crippen LogP contribution is -1.97. The minimum absolute atomic E-state index is 0.190. The van der Waals surface area contributed by atoms with Gasteiger partial charge < -0.3 is 9.84 Å². The van der Waals surface area contributed by atoms with Crippen LogP contribution in [0.2, 0.25) is 0 Å². The highest BCUT2D eigenvalue weighted by molar-refractivity contribution is 5.95. The number of aliphatic hydroxyl groups excluding tert-OH is 1. The average molecular weight is 126 g/mol. The molecule has 1 N–H and O–H groups in total. The highest BCUT2D eigenvalue weighted by atomic mass is 16.5. The second-order valence-electron chi connectivity index (χ2n) is 1.69. The lowest BCUT2D eigenvalue weighted by molar-refractivity contribution is -0.132. The number of carbonyl (C=O) groups excluding carboxylic acids is 1. The van der Waals surface area contributed by atoms with Crippen molar-refractivity contribution < 1.29 is 14.6 Å². The number of carbonyl (C=O) groups is 1. The second kappa shape index (κ2) is 2.03. The molecule has 0 amide bonds. The van der Waals surface area contributed by atoms with Crippen molar-refractivity contribution in [2.24, 2.45) is 0 Å². The van der Waals surface area contributed by atoms with Gasteiger partial charge in [-0.3, -0.25) is 0 Å². The Bertz CT molecular complexity index is 190. The second-order valence-corrected chi connectivity index (χ2v) is 1.69. The van der Waals surface area contributed by atoms with Gasteiger partial charge in [0, 0.05) is 5.57 Å². The summed E-state index contributed by atoms with van der Waals surface area (Å²) in [5, 5.41) is 8.49. The van der Waals surface area contributed by atoms with Gasteiger partial charge >= 0.3 is 5.97 Å². The van der Waals surface area contributed by atoms with Crippen LogP contribution in [-0.4, -0.2) is 17.7 Å². The Morgan fingerprint density at radius 1 is 1.78 bits per heavy atom. The summed E-state index contributed by atoms with van der Waals surface area (Å²) in [6, 6.07) is 0. The van der Waals surface area contributed by atoms with Crippen LogP contribution in [0, 0.1) is 0 Å². The van der Waals surface area contributed by atoms with Crippen molar-refractivity contribution in [3.05, 3.63) is 24.0 Å². The third kappa shape index (κ3) is 0.861. The molecular formula is C6H6O3. The first-order valence-electron chi connectivity index (χ1n) is 2.46. The maximum atomic E-state index is 10.5. The predicted molar refractivity (Wildman–Crippen MR) is 30.4 cm³/mol. The molecule has 0 spiro atoms. The van der Waals surface area contributed by atoms with Crippen LogP contribution in [0.1, 0.15) is 0 Å². The van der Waals surface area contributed by atoms with E-state index < -0.39 is 5.97 Å². The van der Waals surface area contributed by atoms with E-state index in [0.29, 0.717) is 5.57 Å². The Morgan fingerprint density at radius 3 is 2.67 bits per heavy atom. The normalized spacial score (nSPS) is 17.7. The monoisotopic (exact) mass is 126 g/mol. The molecule has 1 aliphatic heterocycles. The summed E-state index contributed by atoms with van der Waals surface area (Å²) >= 11 is 0. The Kier molecular flexibility index (Phi) is 1.36. The summed E-state index contributed by atoms with van der Waals surface area (Å²) in [5.41, 5.74) is 0.706. The Balaban J connectivity index is 2.78. The molecule has 1 rings (SSSR count). The van der Waals surface area contributed by atoms with Crippen molar-refractivity contribution in [1.82, 2.24) is 0 Å². The molecule has 0 aromatic rings. The Hall–Kier alpha value is -1.09. The number of cyclic esters (lactones) is 1. The molecule has 0 atom stereocenters. The van der Waals surface area contributed by atoms with Gasteiger partial charge in [-0.2, -0.15) is 0 Å². The first-order valence-corrected chi connectivity index (χ1v) is 2.46. The van der Waals surface area contributed by atoms with Crippen LogP contribution in [0.3, 0.4) is 0 Å². The number of ether oxygens (including phenoxy) is 1. The maximum Gasteiger partial charge on any atom is 0.342 e. The maximum absolute atomic E-state index is 10.5. The van der Waals surface area contributed by atoms with Crippen molar-refractivity contribution in [3.8, 4) is 0 Å². The van der Waals surface area contributed by atoms with Gasteiger partial charge in [-0.15, -0.1) is 0 Å². The van der Waals surface area contributed by atoms with Crippen molar-refractivity contribution in [2.75, 3.05) is 6.61 Å². The molecule has 0 unspecified atom stereocenters. The summed E-state index contributed by atoms with van der Waals surface area (Å²) in [6.07, 6.45) is 1.21. The zero-order valence-electron chi connectivity index (χ0n) is 4.76. The molecule has 0 saturated carbocycles. The zero-order chi connectivity index (χ0) is 6.85. The van der Waals surface area contributed by atoms with Gasteiger partial charge in [-0.1, -0.05) is 6.58 Å². The highest BCUT2D eigenvalue weighted by Crippen LogP contribution is 2.15. The van der Waals surface area contributed by atoms with E-state index in [1.807, 2.05) is 0 Å². The van der Waals surface area contributed by atoms with E-state index >= 15 is 0 Å². The van der Waals surface area contributed by atoms with E-state index in [0.717, 1.165) is 0 Å². The van der Waals surface area contributed by atoms with Crippen LogP contribution < -0.4 is 0 Å². The van der Waals surface area contributed by atoms with E-state index in [-0.39, 0.29) is 12.2 Å². The molecule has 0 saturated heterocycles. The molecule has 0 bridgehead atoms. The summed E-state index contributed by atoms with van der Waals surface area (Å²) in [6.45, 7) is 3.19. The topological polar surface area (TPSA) is 46.5 Å². The van der Waals surface area contributed by atoms with Crippen molar-refractivity contribution in [1.29, 1.82) is 0 Å². The van der Waals surface area contributed by atoms with Gasteiger partial charge in [0.25, 0.3) is 0 Å². The third-order valence-electron chi connectivity index (χ3n) is 1.11. The molecule has 0 aromatic carbocycles. The summed E-state index contributed by atoms with van der Waals surface area (Å²) < 4.78 is 4.41. The lowest BCUT2D eigenvalue weighted by Gasteiger charge is -1.89. The van der Waals surface area contributed by atoms with E-state index in [4.69, 9.17) is 5.11 Å². The molecule has 1 heterocycles. The largest absolute Gasteiger partial charge is 0.430 e. The fraction of sp³-hybridized carbons (Fsp3) is 0.167. The first-order chi connectivity index (χ1) is 4.25. The fourth-order valence-electron chi connectivity index (χ4n) is 0.531. The van der Waals surface area contributed by atoms with Crippen LogP contribution in [0.25, 0.3) is 0 Å². The minimum atomic E-state index is -0.473. The molecule has 48 valence electrons. The van der Waals surface area contributed by atoms with Gasteiger partial charge in [-0.05, 0) is 0 Å². The number of hydrogen-bond acceptors (Lipinski definition) is 3. The molecular weight excluding hydrogens is 120 g/mol. The smallest absolute Gasteiger partial charge is 0.342 e. The van der Waals surface area contributed by atoms with Crippen molar-refractivity contribution >= 4 is 5.97 Å². The highest BCUT2D eigenvalue weighted by Gasteiger charge is 2.18. The van der Waals surface area contributed by atoms with Crippen molar-refractivity contribution in [2.45, 2.75) is 0 Å². The summed E-state index contributed by atoms with van der Waals surface area (Å²) in [5.74, 6) is -0.473. The minimum Gasteiger partial charge on any atom is -0.430 e. The van der Waals surface area contributed by atoms with Crippen molar-refractivity contribution in [3.63, 3.8) is 0 Å². The average Bonchev–Trinajstić information content (AvgIpc) is 2.15. The SMILES string of the molecule is C=C1C(=O)OC=C1CO. The Labute approximate surface area is 52.2 Å². The van der Waals surface area contributed by atoms with Gasteiger partial charge in [0.1, 0.15) is 6.26 Å². The number of aliphatic hydroxyl groups is 1. The molecule has 0 fully saturated rings. The van der Waals surface area contributed by atoms with E-state index in [1.165, 1.54) is 6.26 Å². The van der Waals surface area contributed by atoms with Crippen LogP contribution in [0.4, 0.5) is 0 Å². The fourth-order valence-corrected chi connectivity index (χ4v) is 0.531. The molecule has 9 heavy (non-hydrogen) atoms. The third-order valence-corrected chi connectivity index (χ3v) is 1.11. The number of rotatable bonds is 1. The van der Waals surface area contributed by atoms with Crippen LogP contribution in [0.5, 0.6) is 0 Å². The molecule has 0 radical (unpaired) electrons. The van der Waals surface area contributed by atoms with Gasteiger partial charge in [0.05, 0.1) is 12.2 Å². The molecule has 3 nitrogen and oxygen atoms in total. The standard InChI is InChI=1S/C6H6O3/c1-4-5(2-7)3-9-6(4)8/h3,7H,1-2H2. The summed E-state index contributed by atoms with van der Waals surface area (Å²) in [7, 11) is 0. The summed E-state index contributed by atoms with van der Waals surface area (Å²) in [4.78, 5) is 10.5. The predicted octanol–water partition coefficient (Wildman–Crippen LogP) is -0.0244.